The van der Waals surface area contributed by atoms with E-state index in [1.165, 1.54) is 17.7 Å². The highest BCUT2D eigenvalue weighted by molar-refractivity contribution is 6.58. The third kappa shape index (κ3) is 3.82. The quantitative estimate of drug-likeness (QED) is 0.815. The molecule has 5 heteroatoms. The van der Waals surface area contributed by atoms with Gasteiger partial charge in [-0.2, -0.15) is 0 Å². The molecule has 2 rings (SSSR count). The topological polar surface area (TPSA) is 49.7 Å². The van der Waals surface area contributed by atoms with Crippen LogP contribution in [-0.2, 0) is 13.0 Å². The zero-order valence-corrected chi connectivity index (χ0v) is 11.2. The van der Waals surface area contributed by atoms with E-state index in [4.69, 9.17) is 14.8 Å². The lowest BCUT2D eigenvalue weighted by Gasteiger charge is -2.09. The molecule has 0 heterocycles. The number of hydrogen-bond donors (Lipinski definition) is 2. The molecule has 0 atom stereocenters. The first kappa shape index (κ1) is 14.6. The number of ether oxygens (including phenoxy) is 1. The van der Waals surface area contributed by atoms with Crippen molar-refractivity contribution in [2.45, 2.75) is 20.0 Å². The van der Waals surface area contributed by atoms with Gasteiger partial charge in [0.1, 0.15) is 18.2 Å². The highest BCUT2D eigenvalue weighted by Crippen LogP contribution is 2.14. The lowest BCUT2D eigenvalue weighted by molar-refractivity contribution is 0.304. The molecule has 0 saturated carbocycles. The molecule has 0 bridgehead atoms. The number of rotatable bonds is 5. The summed E-state index contributed by atoms with van der Waals surface area (Å²) in [6, 6.07) is 11.6. The molecule has 2 aromatic carbocycles. The van der Waals surface area contributed by atoms with E-state index in [1.54, 1.807) is 0 Å². The zero-order valence-electron chi connectivity index (χ0n) is 11.2. The van der Waals surface area contributed by atoms with Gasteiger partial charge in [0.25, 0.3) is 0 Å². The summed E-state index contributed by atoms with van der Waals surface area (Å²) in [5.41, 5.74) is 2.28. The monoisotopic (exact) mass is 274 g/mol. The van der Waals surface area contributed by atoms with Gasteiger partial charge in [-0.3, -0.25) is 0 Å². The predicted molar refractivity (Wildman–Crippen MR) is 76.4 cm³/mol. The van der Waals surface area contributed by atoms with Crippen LogP contribution in [-0.4, -0.2) is 17.2 Å². The van der Waals surface area contributed by atoms with Crippen LogP contribution in [0.4, 0.5) is 4.39 Å². The predicted octanol–water partition coefficient (Wildman–Crippen LogP) is 1.65. The summed E-state index contributed by atoms with van der Waals surface area (Å²) in [7, 11) is -1.71. The average Bonchev–Trinajstić information content (AvgIpc) is 2.45. The van der Waals surface area contributed by atoms with E-state index in [2.05, 4.69) is 6.92 Å². The highest BCUT2D eigenvalue weighted by Gasteiger charge is 2.13. The molecule has 0 spiro atoms. The Labute approximate surface area is 117 Å². The first-order valence-electron chi connectivity index (χ1n) is 6.45. The second-order valence-corrected chi connectivity index (χ2v) is 4.55. The van der Waals surface area contributed by atoms with Crippen molar-refractivity contribution in [3.05, 3.63) is 59.4 Å². The minimum absolute atomic E-state index is 0.0707. The molecule has 0 radical (unpaired) electrons. The van der Waals surface area contributed by atoms with Crippen LogP contribution in [0.25, 0.3) is 0 Å². The van der Waals surface area contributed by atoms with Crippen LogP contribution in [0.15, 0.2) is 42.5 Å². The number of aryl methyl sites for hydroxylation is 1. The summed E-state index contributed by atoms with van der Waals surface area (Å²) in [5.74, 6) is -0.292. The molecular formula is C15H16BFO3. The summed E-state index contributed by atoms with van der Waals surface area (Å²) < 4.78 is 18.8. The van der Waals surface area contributed by atoms with Crippen LogP contribution in [0.5, 0.6) is 5.75 Å². The number of halogens is 1. The second kappa shape index (κ2) is 6.54. The minimum Gasteiger partial charge on any atom is -0.489 e. The van der Waals surface area contributed by atoms with Crippen molar-refractivity contribution in [3.63, 3.8) is 0 Å². The lowest BCUT2D eigenvalue weighted by atomic mass is 9.80. The SMILES string of the molecule is CCc1ccc(COc2cc(F)cc(B(O)O)c2)cc1. The fourth-order valence-corrected chi connectivity index (χ4v) is 1.85. The van der Waals surface area contributed by atoms with Crippen molar-refractivity contribution in [1.82, 2.24) is 0 Å². The molecule has 20 heavy (non-hydrogen) atoms. The number of hydrogen-bond acceptors (Lipinski definition) is 3. The minimum atomic E-state index is -1.71. The molecule has 0 aliphatic rings. The molecule has 104 valence electrons. The normalized spacial score (nSPS) is 10.4. The van der Waals surface area contributed by atoms with E-state index in [-0.39, 0.29) is 11.2 Å². The molecule has 0 unspecified atom stereocenters. The molecule has 0 aliphatic carbocycles. The molecule has 0 saturated heterocycles. The van der Waals surface area contributed by atoms with Crippen molar-refractivity contribution in [2.75, 3.05) is 0 Å². The fraction of sp³-hybridized carbons (Fsp3) is 0.200. The van der Waals surface area contributed by atoms with Gasteiger partial charge >= 0.3 is 7.12 Å². The Morgan fingerprint density at radius 1 is 1.05 bits per heavy atom. The summed E-state index contributed by atoms with van der Waals surface area (Å²) >= 11 is 0. The first-order valence-corrected chi connectivity index (χ1v) is 6.45. The molecule has 0 fully saturated rings. The van der Waals surface area contributed by atoms with Gasteiger partial charge in [0.2, 0.25) is 0 Å². The molecule has 0 aliphatic heterocycles. The van der Waals surface area contributed by atoms with Crippen molar-refractivity contribution in [3.8, 4) is 5.75 Å². The van der Waals surface area contributed by atoms with E-state index >= 15 is 0 Å². The molecule has 0 amide bonds. The second-order valence-electron chi connectivity index (χ2n) is 4.55. The summed E-state index contributed by atoms with van der Waals surface area (Å²) in [6.07, 6.45) is 0.975. The highest BCUT2D eigenvalue weighted by atomic mass is 19.1. The van der Waals surface area contributed by atoms with Crippen LogP contribution in [0.1, 0.15) is 18.1 Å². The van der Waals surface area contributed by atoms with Crippen molar-refractivity contribution in [2.24, 2.45) is 0 Å². The van der Waals surface area contributed by atoms with Gasteiger partial charge in [0, 0.05) is 6.07 Å². The van der Waals surface area contributed by atoms with Gasteiger partial charge in [0.15, 0.2) is 0 Å². The third-order valence-electron chi connectivity index (χ3n) is 3.03. The Morgan fingerprint density at radius 3 is 2.30 bits per heavy atom. The summed E-state index contributed by atoms with van der Waals surface area (Å²) in [5, 5.41) is 18.1. The maximum absolute atomic E-state index is 13.3. The first-order chi connectivity index (χ1) is 9.58. The Bertz CT molecular complexity index is 570. The number of benzene rings is 2. The maximum Gasteiger partial charge on any atom is 0.488 e. The molecule has 2 aromatic rings. The van der Waals surface area contributed by atoms with Crippen LogP contribution >= 0.6 is 0 Å². The average molecular weight is 274 g/mol. The lowest BCUT2D eigenvalue weighted by Crippen LogP contribution is -2.30. The summed E-state index contributed by atoms with van der Waals surface area (Å²) in [4.78, 5) is 0. The van der Waals surface area contributed by atoms with Gasteiger partial charge in [-0.25, -0.2) is 4.39 Å². The Balaban J connectivity index is 2.06. The molecule has 0 aromatic heterocycles. The third-order valence-corrected chi connectivity index (χ3v) is 3.03. The van der Waals surface area contributed by atoms with E-state index in [1.807, 2.05) is 24.3 Å². The Hall–Kier alpha value is -1.85. The van der Waals surface area contributed by atoms with Gasteiger partial charge in [-0.15, -0.1) is 0 Å². The van der Waals surface area contributed by atoms with E-state index in [9.17, 15) is 4.39 Å². The smallest absolute Gasteiger partial charge is 0.488 e. The van der Waals surface area contributed by atoms with E-state index < -0.39 is 12.9 Å². The van der Waals surface area contributed by atoms with Crippen molar-refractivity contribution < 1.29 is 19.2 Å². The van der Waals surface area contributed by atoms with Crippen molar-refractivity contribution >= 4 is 12.6 Å². The maximum atomic E-state index is 13.3. The van der Waals surface area contributed by atoms with Gasteiger partial charge in [0.05, 0.1) is 0 Å². The standard InChI is InChI=1S/C15H16BFO3/c1-2-11-3-5-12(6-4-11)10-20-15-8-13(16(18)19)7-14(17)9-15/h3-9,18-19H,2,10H2,1H3. The van der Waals surface area contributed by atoms with Crippen molar-refractivity contribution in [1.29, 1.82) is 0 Å². The van der Waals surface area contributed by atoms with E-state index in [0.717, 1.165) is 18.1 Å². The van der Waals surface area contributed by atoms with Crippen LogP contribution in [0.2, 0.25) is 0 Å². The summed E-state index contributed by atoms with van der Waals surface area (Å²) in [6.45, 7) is 2.38. The van der Waals surface area contributed by atoms with Gasteiger partial charge in [-0.1, -0.05) is 31.2 Å². The van der Waals surface area contributed by atoms with Crippen LogP contribution in [0.3, 0.4) is 0 Å². The molecule has 3 nitrogen and oxygen atoms in total. The van der Waals surface area contributed by atoms with Gasteiger partial charge in [-0.05, 0) is 35.1 Å². The fourth-order valence-electron chi connectivity index (χ4n) is 1.85. The molecular weight excluding hydrogens is 258 g/mol. The van der Waals surface area contributed by atoms with Crippen LogP contribution < -0.4 is 10.2 Å². The molecule has 2 N–H and O–H groups in total. The Morgan fingerprint density at radius 2 is 1.70 bits per heavy atom. The zero-order chi connectivity index (χ0) is 14.5. The van der Waals surface area contributed by atoms with Gasteiger partial charge < -0.3 is 14.8 Å². The Kier molecular flexibility index (Phi) is 4.77. The van der Waals surface area contributed by atoms with E-state index in [0.29, 0.717) is 6.61 Å². The largest absolute Gasteiger partial charge is 0.489 e. The van der Waals surface area contributed by atoms with Crippen LogP contribution in [0, 0.1) is 5.82 Å².